The maximum absolute atomic E-state index is 11.6. The van der Waals surface area contributed by atoms with Gasteiger partial charge in [-0.25, -0.2) is 9.59 Å². The van der Waals surface area contributed by atoms with Crippen molar-refractivity contribution < 1.29 is 38.8 Å². The van der Waals surface area contributed by atoms with Gasteiger partial charge in [0.2, 0.25) is 0 Å². The van der Waals surface area contributed by atoms with Crippen LogP contribution >= 0.6 is 11.6 Å². The van der Waals surface area contributed by atoms with Crippen LogP contribution in [0.3, 0.4) is 0 Å². The Morgan fingerprint density at radius 1 is 0.780 bits per heavy atom. The quantitative estimate of drug-likeness (QED) is 0.167. The van der Waals surface area contributed by atoms with Crippen LogP contribution in [0.25, 0.3) is 0 Å². The molecule has 2 heterocycles. The molecule has 2 fully saturated rings. The average Bonchev–Trinajstić information content (AvgIpc) is 2.92. The minimum atomic E-state index is -0.978. The van der Waals surface area contributed by atoms with E-state index in [4.69, 9.17) is 26.2 Å². The fraction of sp³-hybridized carbons (Fsp3) is 0.462. The third-order valence-corrected chi connectivity index (χ3v) is 6.19. The van der Waals surface area contributed by atoms with Gasteiger partial charge in [0.05, 0.1) is 16.0 Å². The number of hydrogen-bond acceptors (Lipinski definition) is 12. The van der Waals surface area contributed by atoms with Crippen molar-refractivity contribution in [3.8, 4) is 11.5 Å². The molecule has 1 N–H and O–H groups in total. The van der Waals surface area contributed by atoms with E-state index in [0.29, 0.717) is 0 Å². The standard InChI is InChI=1S/C13H16N2O5.C7H4ClNO4.C6H13NO/c1-14-8-6-12(7-9-14)20-13(16)19-11-4-2-10(3-5-11)15(17)18;8-7(10)13-6-3-1-5(2-4-6)9(11)12;1-7-4-2-6(8)3-5-7/h2-5,12H,6-9H2,1H3;1-4H;6,8H,2-5H2,1H3. The Kier molecular flexibility index (Phi) is 13.9. The van der Waals surface area contributed by atoms with Gasteiger partial charge < -0.3 is 29.1 Å². The van der Waals surface area contributed by atoms with E-state index in [9.17, 15) is 29.8 Å². The van der Waals surface area contributed by atoms with E-state index in [0.717, 1.165) is 51.9 Å². The summed E-state index contributed by atoms with van der Waals surface area (Å²) in [5.41, 5.74) is -1.11. The Bertz CT molecular complexity index is 1120. The third-order valence-electron chi connectivity index (χ3n) is 6.11. The molecule has 2 aliphatic heterocycles. The van der Waals surface area contributed by atoms with Gasteiger partial charge in [0.1, 0.15) is 17.6 Å². The van der Waals surface area contributed by atoms with Crippen molar-refractivity contribution in [1.29, 1.82) is 0 Å². The SMILES string of the molecule is CN1CCC(O)CC1.CN1CCC(OC(=O)Oc2ccc([N+](=O)[O-])cc2)CC1.O=C(Cl)Oc1ccc([N+](=O)[O-])cc1. The van der Waals surface area contributed by atoms with Crippen molar-refractivity contribution in [2.24, 2.45) is 0 Å². The van der Waals surface area contributed by atoms with E-state index in [-0.39, 0.29) is 35.1 Å². The number of carbonyl (C=O) groups excluding carboxylic acids is 2. The molecular formula is C26H33ClN4O10. The summed E-state index contributed by atoms with van der Waals surface area (Å²) in [6.07, 6.45) is 2.56. The van der Waals surface area contributed by atoms with Crippen LogP contribution in [0.2, 0.25) is 0 Å². The van der Waals surface area contributed by atoms with Crippen LogP contribution in [-0.2, 0) is 4.74 Å². The second kappa shape index (κ2) is 17.1. The lowest BCUT2D eigenvalue weighted by molar-refractivity contribution is -0.385. The number of hydrogen-bond donors (Lipinski definition) is 1. The number of benzene rings is 2. The topological polar surface area (TPSA) is 175 Å². The lowest BCUT2D eigenvalue weighted by Crippen LogP contribution is -2.35. The summed E-state index contributed by atoms with van der Waals surface area (Å²) < 4.78 is 14.6. The Morgan fingerprint density at radius 3 is 1.54 bits per heavy atom. The summed E-state index contributed by atoms with van der Waals surface area (Å²) in [5.74, 6) is 0.402. The van der Waals surface area contributed by atoms with Crippen LogP contribution in [0.15, 0.2) is 48.5 Å². The number of carbonyl (C=O) groups is 2. The summed E-state index contributed by atoms with van der Waals surface area (Å²) in [4.78, 5) is 45.9. The first-order valence-electron chi connectivity index (χ1n) is 12.7. The number of nitro benzene ring substituents is 2. The molecule has 0 unspecified atom stereocenters. The summed E-state index contributed by atoms with van der Waals surface area (Å²) in [7, 11) is 4.11. The van der Waals surface area contributed by atoms with Gasteiger partial charge in [-0.1, -0.05) is 0 Å². The molecule has 0 aromatic heterocycles. The molecule has 41 heavy (non-hydrogen) atoms. The molecule has 0 aliphatic carbocycles. The van der Waals surface area contributed by atoms with E-state index >= 15 is 0 Å². The van der Waals surface area contributed by atoms with Crippen LogP contribution in [0.1, 0.15) is 25.7 Å². The molecule has 14 nitrogen and oxygen atoms in total. The van der Waals surface area contributed by atoms with E-state index in [2.05, 4.69) is 21.6 Å². The minimum Gasteiger partial charge on any atom is -0.431 e. The molecule has 2 aromatic rings. The molecule has 0 radical (unpaired) electrons. The smallest absolute Gasteiger partial charge is 0.431 e. The number of halogens is 1. The molecular weight excluding hydrogens is 564 g/mol. The number of nitrogens with zero attached hydrogens (tertiary/aromatic N) is 4. The zero-order valence-corrected chi connectivity index (χ0v) is 23.5. The molecule has 0 saturated carbocycles. The summed E-state index contributed by atoms with van der Waals surface area (Å²) in [6, 6.07) is 10.3. The lowest BCUT2D eigenvalue weighted by atomic mass is 10.1. The van der Waals surface area contributed by atoms with Gasteiger partial charge in [-0.2, -0.15) is 0 Å². The Hall–Kier alpha value is -3.85. The molecule has 2 aliphatic rings. The first-order chi connectivity index (χ1) is 19.4. The summed E-state index contributed by atoms with van der Waals surface area (Å²) >= 11 is 4.92. The molecule has 0 atom stereocenters. The predicted octanol–water partition coefficient (Wildman–Crippen LogP) is 4.61. The van der Waals surface area contributed by atoms with Gasteiger partial charge in [0.15, 0.2) is 0 Å². The minimum absolute atomic E-state index is 0.0220. The molecule has 2 aromatic carbocycles. The summed E-state index contributed by atoms with van der Waals surface area (Å²) in [5, 5.41) is 29.7. The maximum atomic E-state index is 11.6. The molecule has 0 bridgehead atoms. The number of ether oxygens (including phenoxy) is 3. The summed E-state index contributed by atoms with van der Waals surface area (Å²) in [6.45, 7) is 3.88. The highest BCUT2D eigenvalue weighted by Gasteiger charge is 2.21. The third kappa shape index (κ3) is 13.4. The largest absolute Gasteiger partial charge is 0.514 e. The first-order valence-corrected chi connectivity index (χ1v) is 13.1. The highest BCUT2D eigenvalue weighted by atomic mass is 35.5. The van der Waals surface area contributed by atoms with Crippen LogP contribution in [-0.4, -0.2) is 88.8 Å². The average molecular weight is 597 g/mol. The molecule has 2 saturated heterocycles. The zero-order valence-electron chi connectivity index (χ0n) is 22.7. The second-order valence-electron chi connectivity index (χ2n) is 9.35. The number of non-ortho nitro benzene ring substituents is 2. The highest BCUT2D eigenvalue weighted by Crippen LogP contribution is 2.20. The predicted molar refractivity (Wildman–Crippen MR) is 148 cm³/mol. The van der Waals surface area contributed by atoms with Crippen molar-refractivity contribution in [2.45, 2.75) is 37.9 Å². The van der Waals surface area contributed by atoms with E-state index in [1.807, 2.05) is 7.05 Å². The number of aliphatic hydroxyl groups excluding tert-OH is 1. The first kappa shape index (κ1) is 33.4. The van der Waals surface area contributed by atoms with Crippen molar-refractivity contribution in [3.05, 3.63) is 68.8 Å². The van der Waals surface area contributed by atoms with Gasteiger partial charge in [-0.3, -0.25) is 20.2 Å². The molecule has 224 valence electrons. The fourth-order valence-corrected chi connectivity index (χ4v) is 3.81. The van der Waals surface area contributed by atoms with Gasteiger partial charge in [-0.15, -0.1) is 0 Å². The van der Waals surface area contributed by atoms with Crippen molar-refractivity contribution in [3.63, 3.8) is 0 Å². The van der Waals surface area contributed by atoms with Gasteiger partial charge in [-0.05, 0) is 64.0 Å². The number of nitro groups is 2. The molecule has 15 heteroatoms. The van der Waals surface area contributed by atoms with E-state index in [1.165, 1.54) is 48.5 Å². The Labute approximate surface area is 241 Å². The zero-order chi connectivity index (χ0) is 30.4. The van der Waals surface area contributed by atoms with Crippen LogP contribution in [0.5, 0.6) is 11.5 Å². The number of piperidine rings is 2. The molecule has 0 spiro atoms. The monoisotopic (exact) mass is 596 g/mol. The van der Waals surface area contributed by atoms with E-state index < -0.39 is 21.4 Å². The maximum Gasteiger partial charge on any atom is 0.514 e. The lowest BCUT2D eigenvalue weighted by Gasteiger charge is -2.28. The second-order valence-corrected chi connectivity index (χ2v) is 9.66. The Morgan fingerprint density at radius 2 is 1.17 bits per heavy atom. The fourth-order valence-electron chi connectivity index (χ4n) is 3.72. The van der Waals surface area contributed by atoms with E-state index in [1.54, 1.807) is 0 Å². The molecule has 0 amide bonds. The van der Waals surface area contributed by atoms with Crippen molar-refractivity contribution >= 4 is 34.6 Å². The Balaban J connectivity index is 0.000000239. The van der Waals surface area contributed by atoms with Crippen molar-refractivity contribution in [1.82, 2.24) is 9.80 Å². The van der Waals surface area contributed by atoms with Gasteiger partial charge in [0.25, 0.3) is 11.4 Å². The highest BCUT2D eigenvalue weighted by molar-refractivity contribution is 6.61. The van der Waals surface area contributed by atoms with Crippen LogP contribution in [0.4, 0.5) is 21.0 Å². The molecule has 4 rings (SSSR count). The normalized spacial score (nSPS) is 16.2. The van der Waals surface area contributed by atoms with Crippen LogP contribution in [0, 0.1) is 20.2 Å². The number of aliphatic hydroxyl groups is 1. The number of likely N-dealkylation sites (tertiary alicyclic amines) is 2. The van der Waals surface area contributed by atoms with Gasteiger partial charge >= 0.3 is 11.6 Å². The van der Waals surface area contributed by atoms with Crippen LogP contribution < -0.4 is 9.47 Å². The number of rotatable bonds is 5. The van der Waals surface area contributed by atoms with Crippen molar-refractivity contribution in [2.75, 3.05) is 40.3 Å². The van der Waals surface area contributed by atoms with Gasteiger partial charge in [0, 0.05) is 62.0 Å².